The van der Waals surface area contributed by atoms with Crippen molar-refractivity contribution >= 4 is 18.0 Å². The van der Waals surface area contributed by atoms with Crippen molar-refractivity contribution in [3.63, 3.8) is 0 Å². The number of amides is 2. The molecular formula is C10H18N2O6. The molecule has 0 radical (unpaired) electrons. The predicted molar refractivity (Wildman–Crippen MR) is 60.9 cm³/mol. The first-order valence-electron chi connectivity index (χ1n) is 5.34. The lowest BCUT2D eigenvalue weighted by Gasteiger charge is -2.20. The second-order valence-corrected chi connectivity index (χ2v) is 3.60. The van der Waals surface area contributed by atoms with Gasteiger partial charge in [-0.1, -0.05) is 0 Å². The molecule has 0 aliphatic rings. The van der Waals surface area contributed by atoms with Crippen LogP contribution < -0.4 is 5.32 Å². The van der Waals surface area contributed by atoms with E-state index in [9.17, 15) is 14.4 Å². The van der Waals surface area contributed by atoms with Crippen LogP contribution in [0.3, 0.4) is 0 Å². The molecule has 0 aliphatic carbocycles. The van der Waals surface area contributed by atoms with Crippen LogP contribution in [-0.2, 0) is 14.3 Å². The van der Waals surface area contributed by atoms with Gasteiger partial charge in [0.2, 0.25) is 0 Å². The predicted octanol–water partition coefficient (Wildman–Crippen LogP) is -0.973. The Hall–Kier alpha value is -1.83. The lowest BCUT2D eigenvalue weighted by Crippen LogP contribution is -2.47. The van der Waals surface area contributed by atoms with E-state index in [0.29, 0.717) is 0 Å². The van der Waals surface area contributed by atoms with E-state index >= 15 is 0 Å². The van der Waals surface area contributed by atoms with Gasteiger partial charge in [-0.25, -0.2) is 9.59 Å². The average molecular weight is 262 g/mol. The van der Waals surface area contributed by atoms with E-state index in [1.165, 1.54) is 19.1 Å². The fraction of sp³-hybridized carbons (Fsp3) is 0.700. The van der Waals surface area contributed by atoms with Gasteiger partial charge in [-0.2, -0.15) is 0 Å². The Labute approximate surface area is 105 Å². The molecule has 0 aromatic carbocycles. The molecule has 0 aliphatic heterocycles. The van der Waals surface area contributed by atoms with Crippen molar-refractivity contribution in [2.75, 3.05) is 27.3 Å². The van der Waals surface area contributed by atoms with Gasteiger partial charge in [0.05, 0.1) is 13.5 Å². The lowest BCUT2D eigenvalue weighted by molar-refractivity contribution is -0.141. The largest absolute Gasteiger partial charge is 0.480 e. The molecule has 0 spiro atoms. The van der Waals surface area contributed by atoms with E-state index < -0.39 is 24.0 Å². The molecule has 2 amide bonds. The third-order valence-corrected chi connectivity index (χ3v) is 2.24. The maximum atomic E-state index is 11.6. The molecule has 0 aromatic heterocycles. The van der Waals surface area contributed by atoms with Crippen LogP contribution in [0.25, 0.3) is 0 Å². The molecule has 8 heteroatoms. The minimum Gasteiger partial charge on any atom is -0.480 e. The molecule has 0 fully saturated rings. The van der Waals surface area contributed by atoms with Crippen LogP contribution in [0.2, 0.25) is 0 Å². The number of carboxylic acids is 1. The molecule has 0 saturated carbocycles. The van der Waals surface area contributed by atoms with Crippen LogP contribution >= 0.6 is 0 Å². The van der Waals surface area contributed by atoms with Crippen molar-refractivity contribution in [3.8, 4) is 0 Å². The molecule has 0 bridgehead atoms. The maximum Gasteiger partial charge on any atom is 0.326 e. The summed E-state index contributed by atoms with van der Waals surface area (Å²) in [6, 6.07) is -1.78. The molecule has 18 heavy (non-hydrogen) atoms. The Bertz CT molecular complexity index is 307. The number of aliphatic carboxylic acids is 1. The number of nitrogens with one attached hydrogen (secondary N) is 1. The van der Waals surface area contributed by atoms with Crippen molar-refractivity contribution in [1.82, 2.24) is 10.2 Å². The zero-order valence-corrected chi connectivity index (χ0v) is 10.4. The first-order valence-corrected chi connectivity index (χ1v) is 5.34. The van der Waals surface area contributed by atoms with E-state index in [0.717, 1.165) is 0 Å². The Morgan fingerprint density at radius 2 is 2.00 bits per heavy atom. The van der Waals surface area contributed by atoms with Crippen molar-refractivity contribution in [1.29, 1.82) is 0 Å². The minimum absolute atomic E-state index is 0.0260. The molecule has 3 N–H and O–H groups in total. The summed E-state index contributed by atoms with van der Waals surface area (Å²) in [7, 11) is 2.67. The third kappa shape index (κ3) is 6.04. The number of methoxy groups -OCH3 is 1. The van der Waals surface area contributed by atoms with E-state index in [1.54, 1.807) is 0 Å². The topological polar surface area (TPSA) is 116 Å². The number of hydrogen-bond donors (Lipinski definition) is 3. The number of aliphatic hydroxyl groups excluding tert-OH is 1. The normalized spacial score (nSPS) is 11.5. The van der Waals surface area contributed by atoms with E-state index in [-0.39, 0.29) is 26.0 Å². The van der Waals surface area contributed by atoms with Crippen molar-refractivity contribution in [2.24, 2.45) is 0 Å². The van der Waals surface area contributed by atoms with Crippen molar-refractivity contribution in [2.45, 2.75) is 18.9 Å². The summed E-state index contributed by atoms with van der Waals surface area (Å²) in [5.74, 6) is -1.68. The lowest BCUT2D eigenvalue weighted by atomic mass is 10.2. The van der Waals surface area contributed by atoms with Gasteiger partial charge < -0.3 is 25.2 Å². The summed E-state index contributed by atoms with van der Waals surface area (Å²) >= 11 is 0. The highest BCUT2D eigenvalue weighted by Crippen LogP contribution is 1.96. The monoisotopic (exact) mass is 262 g/mol. The van der Waals surface area contributed by atoms with Gasteiger partial charge in [-0.15, -0.1) is 0 Å². The number of ether oxygens (including phenoxy) is 1. The summed E-state index contributed by atoms with van der Waals surface area (Å²) in [5.41, 5.74) is 0. The summed E-state index contributed by atoms with van der Waals surface area (Å²) in [4.78, 5) is 34.3. The SMILES string of the molecule is COC(=O)CCN(C)C(=O)NC(CCO)C(=O)O. The van der Waals surface area contributed by atoms with Crippen LogP contribution in [0.4, 0.5) is 4.79 Å². The van der Waals surface area contributed by atoms with Crippen LogP contribution in [0.1, 0.15) is 12.8 Å². The number of esters is 1. The fourth-order valence-corrected chi connectivity index (χ4v) is 1.11. The highest BCUT2D eigenvalue weighted by molar-refractivity contribution is 5.82. The Kier molecular flexibility index (Phi) is 7.45. The number of carboxylic acid groups (broad SMARTS) is 1. The standard InChI is InChI=1S/C10H18N2O6/c1-12(5-3-8(14)18-2)10(17)11-7(4-6-13)9(15)16/h7,13H,3-6H2,1-2H3,(H,11,17)(H,15,16). The van der Waals surface area contributed by atoms with Crippen LogP contribution in [0, 0.1) is 0 Å². The van der Waals surface area contributed by atoms with Gasteiger partial charge in [0.15, 0.2) is 0 Å². The number of hydrogen-bond acceptors (Lipinski definition) is 5. The number of aliphatic hydroxyl groups is 1. The molecule has 1 atom stereocenters. The van der Waals surface area contributed by atoms with Crippen LogP contribution in [0.5, 0.6) is 0 Å². The minimum atomic E-state index is -1.22. The second-order valence-electron chi connectivity index (χ2n) is 3.60. The highest BCUT2D eigenvalue weighted by atomic mass is 16.5. The third-order valence-electron chi connectivity index (χ3n) is 2.24. The van der Waals surface area contributed by atoms with Gasteiger partial charge in [0.1, 0.15) is 6.04 Å². The second kappa shape index (κ2) is 8.29. The number of nitrogens with zero attached hydrogens (tertiary/aromatic N) is 1. The molecule has 0 saturated heterocycles. The zero-order valence-electron chi connectivity index (χ0n) is 10.4. The van der Waals surface area contributed by atoms with Crippen molar-refractivity contribution in [3.05, 3.63) is 0 Å². The van der Waals surface area contributed by atoms with E-state index in [1.807, 2.05) is 0 Å². The van der Waals surface area contributed by atoms with Crippen LogP contribution in [0.15, 0.2) is 0 Å². The molecule has 104 valence electrons. The van der Waals surface area contributed by atoms with Gasteiger partial charge in [0, 0.05) is 26.6 Å². The fourth-order valence-electron chi connectivity index (χ4n) is 1.11. The Balaban J connectivity index is 4.20. The molecular weight excluding hydrogens is 244 g/mol. The Morgan fingerprint density at radius 1 is 1.39 bits per heavy atom. The van der Waals surface area contributed by atoms with Gasteiger partial charge in [0.25, 0.3) is 0 Å². The summed E-state index contributed by atoms with van der Waals surface area (Å²) in [6.07, 6.45) is -0.0515. The summed E-state index contributed by atoms with van der Waals surface area (Å²) in [6.45, 7) is -0.229. The molecule has 0 heterocycles. The first kappa shape index (κ1) is 16.2. The van der Waals surface area contributed by atoms with E-state index in [2.05, 4.69) is 10.1 Å². The molecule has 0 rings (SSSR count). The Morgan fingerprint density at radius 3 is 2.44 bits per heavy atom. The summed E-state index contributed by atoms with van der Waals surface area (Å²) < 4.78 is 4.41. The first-order chi connectivity index (χ1) is 8.42. The number of carbonyl (C=O) groups excluding carboxylic acids is 2. The molecule has 1 unspecified atom stereocenters. The highest BCUT2D eigenvalue weighted by Gasteiger charge is 2.21. The molecule has 8 nitrogen and oxygen atoms in total. The molecule has 0 aromatic rings. The van der Waals surface area contributed by atoms with Gasteiger partial charge in [-0.05, 0) is 0 Å². The average Bonchev–Trinajstić information content (AvgIpc) is 2.34. The quantitative estimate of drug-likeness (QED) is 0.508. The van der Waals surface area contributed by atoms with E-state index in [4.69, 9.17) is 10.2 Å². The number of rotatable bonds is 7. The maximum absolute atomic E-state index is 11.6. The van der Waals surface area contributed by atoms with Crippen molar-refractivity contribution < 1.29 is 29.3 Å². The smallest absolute Gasteiger partial charge is 0.326 e. The number of urea groups is 1. The van der Waals surface area contributed by atoms with Gasteiger partial charge in [-0.3, -0.25) is 4.79 Å². The number of carbonyl (C=O) groups is 3. The zero-order chi connectivity index (χ0) is 14.1. The summed E-state index contributed by atoms with van der Waals surface area (Å²) in [5, 5.41) is 19.7. The van der Waals surface area contributed by atoms with Gasteiger partial charge >= 0.3 is 18.0 Å². The van der Waals surface area contributed by atoms with Crippen LogP contribution in [-0.4, -0.2) is 66.4 Å².